The second kappa shape index (κ2) is 8.00. The molecule has 1 atom stereocenters. The Balaban J connectivity index is 2.81. The van der Waals surface area contributed by atoms with Gasteiger partial charge in [-0.3, -0.25) is 9.59 Å². The predicted octanol–water partition coefficient (Wildman–Crippen LogP) is 2.87. The zero-order valence-corrected chi connectivity index (χ0v) is 13.8. The Hall–Kier alpha value is -1.42. The van der Waals surface area contributed by atoms with Crippen LogP contribution in [0.5, 0.6) is 0 Å². The average Bonchev–Trinajstić information content (AvgIpc) is 2.46. The molecule has 0 aliphatic rings. The van der Waals surface area contributed by atoms with Gasteiger partial charge in [-0.15, -0.1) is 0 Å². The first-order chi connectivity index (χ1) is 9.53. The molecule has 4 nitrogen and oxygen atoms in total. The van der Waals surface area contributed by atoms with Crippen LogP contribution in [-0.4, -0.2) is 29.7 Å². The van der Waals surface area contributed by atoms with Crippen molar-refractivity contribution in [1.82, 2.24) is 4.90 Å². The third-order valence-electron chi connectivity index (χ3n) is 3.10. The van der Waals surface area contributed by atoms with E-state index in [4.69, 9.17) is 5.26 Å². The van der Waals surface area contributed by atoms with Crippen molar-refractivity contribution < 1.29 is 9.59 Å². The topological polar surface area (TPSA) is 61.2 Å². The summed E-state index contributed by atoms with van der Waals surface area (Å²) in [5, 5.41) is 9.15. The molecule has 0 saturated carbocycles. The molecule has 0 fully saturated rings. The quantitative estimate of drug-likeness (QED) is 0.560. The second-order valence-electron chi connectivity index (χ2n) is 4.32. The highest BCUT2D eigenvalue weighted by Gasteiger charge is 2.24. The Morgan fingerprint density at radius 1 is 1.25 bits per heavy atom. The number of nitriles is 1. The van der Waals surface area contributed by atoms with E-state index in [0.29, 0.717) is 18.7 Å². The van der Waals surface area contributed by atoms with E-state index in [2.05, 4.69) is 22.6 Å². The molecule has 1 aromatic carbocycles. The molecular formula is C15H17IN2O2. The van der Waals surface area contributed by atoms with Gasteiger partial charge in [0.2, 0.25) is 5.91 Å². The number of carbonyl (C=O) groups is 2. The molecule has 0 aliphatic heterocycles. The normalized spacial score (nSPS) is 11.5. The summed E-state index contributed by atoms with van der Waals surface area (Å²) in [6.07, 6.45) is -0.0526. The van der Waals surface area contributed by atoms with Crippen molar-refractivity contribution in [3.8, 4) is 6.07 Å². The molecule has 0 bridgehead atoms. The standard InChI is InChI=1S/C15H17IN2O2/c1-3-18(4-2)14(19)9-12(10-17)15(20)11-5-7-13(16)8-6-11/h5-8,12H,3-4,9H2,1-2H3. The van der Waals surface area contributed by atoms with Gasteiger partial charge in [-0.1, -0.05) is 12.1 Å². The smallest absolute Gasteiger partial charge is 0.224 e. The van der Waals surface area contributed by atoms with Crippen LogP contribution >= 0.6 is 22.6 Å². The molecular weight excluding hydrogens is 367 g/mol. The largest absolute Gasteiger partial charge is 0.343 e. The predicted molar refractivity (Wildman–Crippen MR) is 85.1 cm³/mol. The zero-order chi connectivity index (χ0) is 15.1. The van der Waals surface area contributed by atoms with Gasteiger partial charge in [-0.25, -0.2) is 0 Å². The highest BCUT2D eigenvalue weighted by Crippen LogP contribution is 2.15. The zero-order valence-electron chi connectivity index (χ0n) is 11.6. The van der Waals surface area contributed by atoms with Crippen LogP contribution in [0.2, 0.25) is 0 Å². The van der Waals surface area contributed by atoms with Crippen molar-refractivity contribution in [3.63, 3.8) is 0 Å². The van der Waals surface area contributed by atoms with Gasteiger partial charge < -0.3 is 4.90 Å². The lowest BCUT2D eigenvalue weighted by Gasteiger charge is -2.19. The van der Waals surface area contributed by atoms with Crippen LogP contribution in [0, 0.1) is 20.8 Å². The number of nitrogens with zero attached hydrogens (tertiary/aromatic N) is 2. The van der Waals surface area contributed by atoms with E-state index in [-0.39, 0.29) is 18.1 Å². The maximum atomic E-state index is 12.2. The van der Waals surface area contributed by atoms with Crippen LogP contribution in [0.1, 0.15) is 30.6 Å². The monoisotopic (exact) mass is 384 g/mol. The Labute approximate surface area is 132 Å². The third-order valence-corrected chi connectivity index (χ3v) is 3.82. The fourth-order valence-electron chi connectivity index (χ4n) is 1.89. The van der Waals surface area contributed by atoms with Gasteiger partial charge in [0, 0.05) is 22.2 Å². The minimum Gasteiger partial charge on any atom is -0.343 e. The molecule has 20 heavy (non-hydrogen) atoms. The summed E-state index contributed by atoms with van der Waals surface area (Å²) in [6.45, 7) is 4.93. The van der Waals surface area contributed by atoms with Gasteiger partial charge in [0.1, 0.15) is 5.92 Å². The first kappa shape index (κ1) is 16.6. The molecule has 0 spiro atoms. The Bertz CT molecular complexity index is 516. The third kappa shape index (κ3) is 4.30. The molecule has 1 unspecified atom stereocenters. The molecule has 5 heteroatoms. The number of benzene rings is 1. The van der Waals surface area contributed by atoms with Gasteiger partial charge in [0.25, 0.3) is 0 Å². The van der Waals surface area contributed by atoms with Crippen molar-refractivity contribution >= 4 is 34.3 Å². The van der Waals surface area contributed by atoms with Crippen molar-refractivity contribution in [3.05, 3.63) is 33.4 Å². The SMILES string of the molecule is CCN(CC)C(=O)CC(C#N)C(=O)c1ccc(I)cc1. The number of carbonyl (C=O) groups excluding carboxylic acids is 2. The average molecular weight is 384 g/mol. The Morgan fingerprint density at radius 3 is 2.25 bits per heavy atom. The van der Waals surface area contributed by atoms with Gasteiger partial charge in [0.05, 0.1) is 12.5 Å². The van der Waals surface area contributed by atoms with E-state index >= 15 is 0 Å². The fourth-order valence-corrected chi connectivity index (χ4v) is 2.25. The van der Waals surface area contributed by atoms with Crippen LogP contribution in [0.25, 0.3) is 0 Å². The first-order valence-electron chi connectivity index (χ1n) is 6.50. The highest BCUT2D eigenvalue weighted by molar-refractivity contribution is 14.1. The van der Waals surface area contributed by atoms with Crippen LogP contribution in [-0.2, 0) is 4.79 Å². The number of halogens is 1. The molecule has 0 heterocycles. The lowest BCUT2D eigenvalue weighted by molar-refractivity contribution is -0.131. The Morgan fingerprint density at radius 2 is 1.80 bits per heavy atom. The molecule has 0 radical (unpaired) electrons. The summed E-state index contributed by atoms with van der Waals surface area (Å²) in [4.78, 5) is 25.8. The van der Waals surface area contributed by atoms with Crippen molar-refractivity contribution in [2.45, 2.75) is 20.3 Å². The number of hydrogen-bond acceptors (Lipinski definition) is 3. The number of rotatable bonds is 6. The van der Waals surface area contributed by atoms with E-state index in [1.165, 1.54) is 0 Å². The van der Waals surface area contributed by atoms with Gasteiger partial charge in [-0.05, 0) is 48.6 Å². The summed E-state index contributed by atoms with van der Waals surface area (Å²) in [6, 6.07) is 8.96. The molecule has 0 aliphatic carbocycles. The molecule has 1 rings (SSSR count). The lowest BCUT2D eigenvalue weighted by Crippen LogP contribution is -2.33. The van der Waals surface area contributed by atoms with E-state index in [1.54, 1.807) is 17.0 Å². The van der Waals surface area contributed by atoms with Gasteiger partial charge in [0.15, 0.2) is 5.78 Å². The van der Waals surface area contributed by atoms with Crippen LogP contribution < -0.4 is 0 Å². The number of ketones is 1. The van der Waals surface area contributed by atoms with E-state index < -0.39 is 5.92 Å². The van der Waals surface area contributed by atoms with E-state index in [0.717, 1.165) is 3.57 Å². The van der Waals surface area contributed by atoms with Crippen LogP contribution in [0.3, 0.4) is 0 Å². The van der Waals surface area contributed by atoms with Crippen molar-refractivity contribution in [1.29, 1.82) is 5.26 Å². The number of Topliss-reactive ketones (excluding diaryl/α,β-unsaturated/α-hetero) is 1. The number of hydrogen-bond donors (Lipinski definition) is 0. The fraction of sp³-hybridized carbons (Fsp3) is 0.400. The van der Waals surface area contributed by atoms with Crippen molar-refractivity contribution in [2.75, 3.05) is 13.1 Å². The summed E-state index contributed by atoms with van der Waals surface area (Å²) < 4.78 is 1.02. The summed E-state index contributed by atoms with van der Waals surface area (Å²) >= 11 is 2.15. The van der Waals surface area contributed by atoms with E-state index in [1.807, 2.05) is 32.0 Å². The van der Waals surface area contributed by atoms with Crippen LogP contribution in [0.15, 0.2) is 24.3 Å². The molecule has 1 aromatic rings. The minimum atomic E-state index is -0.914. The maximum absolute atomic E-state index is 12.2. The van der Waals surface area contributed by atoms with Crippen molar-refractivity contribution in [2.24, 2.45) is 5.92 Å². The van der Waals surface area contributed by atoms with Gasteiger partial charge >= 0.3 is 0 Å². The summed E-state index contributed by atoms with van der Waals surface area (Å²) in [5.74, 6) is -1.35. The molecule has 1 amide bonds. The Kier molecular flexibility index (Phi) is 6.65. The van der Waals surface area contributed by atoms with Crippen LogP contribution in [0.4, 0.5) is 0 Å². The second-order valence-corrected chi connectivity index (χ2v) is 5.57. The first-order valence-corrected chi connectivity index (χ1v) is 7.58. The molecule has 0 saturated heterocycles. The number of amides is 1. The molecule has 0 N–H and O–H groups in total. The lowest BCUT2D eigenvalue weighted by atomic mass is 9.95. The minimum absolute atomic E-state index is 0.0526. The summed E-state index contributed by atoms with van der Waals surface area (Å²) in [7, 11) is 0. The highest BCUT2D eigenvalue weighted by atomic mass is 127. The van der Waals surface area contributed by atoms with Gasteiger partial charge in [-0.2, -0.15) is 5.26 Å². The maximum Gasteiger partial charge on any atom is 0.224 e. The molecule has 106 valence electrons. The summed E-state index contributed by atoms with van der Waals surface area (Å²) in [5.41, 5.74) is 0.476. The molecule has 0 aromatic heterocycles. The van der Waals surface area contributed by atoms with E-state index in [9.17, 15) is 9.59 Å².